The molecule has 0 bridgehead atoms. The van der Waals surface area contributed by atoms with Crippen molar-refractivity contribution in [3.63, 3.8) is 0 Å². The predicted octanol–water partition coefficient (Wildman–Crippen LogP) is 15.4. The summed E-state index contributed by atoms with van der Waals surface area (Å²) in [7, 11) is 1.08. The van der Waals surface area contributed by atoms with Crippen LogP contribution in [0.5, 0.6) is 11.5 Å². The second-order valence-electron chi connectivity index (χ2n) is 16.0. The molecule has 0 spiro atoms. The van der Waals surface area contributed by atoms with E-state index in [0.717, 1.165) is 43.5 Å². The summed E-state index contributed by atoms with van der Waals surface area (Å²) >= 11 is 12.4. The van der Waals surface area contributed by atoms with Gasteiger partial charge < -0.3 is 28.5 Å². The van der Waals surface area contributed by atoms with E-state index >= 15 is 0 Å². The molecule has 0 amide bonds. The molecule has 0 saturated heterocycles. The highest BCUT2D eigenvalue weighted by atomic mass is 35.5. The number of hydrogen-bond acceptors (Lipinski definition) is 5. The molecule has 8 aromatic rings. The fourth-order valence-electron chi connectivity index (χ4n) is 7.64. The van der Waals surface area contributed by atoms with Crippen LogP contribution in [0.1, 0.15) is 54.4 Å². The maximum absolute atomic E-state index is 14.1. The number of methoxy groups -OCH3 is 1. The number of aromatic carboxylic acids is 1. The third kappa shape index (κ3) is 12.0. The van der Waals surface area contributed by atoms with Gasteiger partial charge in [0.2, 0.25) is 0 Å². The molecule has 8 nitrogen and oxygen atoms in total. The number of alkyl halides is 6. The van der Waals surface area contributed by atoms with Crippen molar-refractivity contribution in [1.29, 1.82) is 0 Å². The zero-order chi connectivity index (χ0) is 53.1. The standard InChI is InChI=1S/C27H19ClF5NO3.C26H17ClF5NO3/c1-15-6-8-23(34(15)20-11-17(26(35)36-2)10-18(12-20)27(31,32)33)21-13-19(28)7-9-24(21)37-14-16-4-3-5-22(29)25(16)30;1-14-5-7-22(33(14)19-10-16(25(34)35)9-17(11-19)26(30,31)32)20-12-18(27)6-8-23(20)36-13-15-3-2-4-21(28)24(15)29/h3-13H,14H2,1-2H3;2-12H,13H2,1H3,(H,34,35). The Morgan fingerprint density at radius 3 is 1.36 bits per heavy atom. The van der Waals surface area contributed by atoms with Crippen LogP contribution in [0.2, 0.25) is 10.0 Å². The minimum atomic E-state index is -4.78. The monoisotopic (exact) mass is 1060 g/mol. The second kappa shape index (κ2) is 21.6. The fourth-order valence-corrected chi connectivity index (χ4v) is 7.98. The molecular formula is C53H36Cl2F10N2O6. The van der Waals surface area contributed by atoms with Crippen molar-refractivity contribution in [3.05, 3.63) is 212 Å². The van der Waals surface area contributed by atoms with Gasteiger partial charge in [-0.25, -0.2) is 27.2 Å². The van der Waals surface area contributed by atoms with E-state index in [2.05, 4.69) is 4.74 Å². The minimum Gasteiger partial charge on any atom is -0.488 e. The van der Waals surface area contributed by atoms with Crippen LogP contribution in [-0.2, 0) is 30.3 Å². The summed E-state index contributed by atoms with van der Waals surface area (Å²) in [6.45, 7) is 2.67. The number of carbonyl (C=O) groups is 2. The number of esters is 1. The molecular weight excluding hydrogens is 1020 g/mol. The molecule has 20 heteroatoms. The summed E-state index contributed by atoms with van der Waals surface area (Å²) < 4.78 is 156. The number of carboxylic acid groups (broad SMARTS) is 1. The van der Waals surface area contributed by atoms with E-state index in [4.69, 9.17) is 32.7 Å². The Morgan fingerprint density at radius 2 is 0.959 bits per heavy atom. The van der Waals surface area contributed by atoms with Crippen molar-refractivity contribution in [2.75, 3.05) is 7.11 Å². The lowest BCUT2D eigenvalue weighted by molar-refractivity contribution is -0.138. The summed E-state index contributed by atoms with van der Waals surface area (Å²) in [6.07, 6.45) is -9.50. The normalized spacial score (nSPS) is 11.5. The van der Waals surface area contributed by atoms with Gasteiger partial charge >= 0.3 is 24.3 Å². The van der Waals surface area contributed by atoms with Gasteiger partial charge in [-0.05, 0) is 123 Å². The van der Waals surface area contributed by atoms with E-state index in [1.165, 1.54) is 69.8 Å². The van der Waals surface area contributed by atoms with E-state index in [9.17, 15) is 58.6 Å². The molecule has 0 aliphatic rings. The van der Waals surface area contributed by atoms with Gasteiger partial charge in [0, 0.05) is 55.1 Å². The highest BCUT2D eigenvalue weighted by molar-refractivity contribution is 6.31. The lowest BCUT2D eigenvalue weighted by atomic mass is 10.1. The van der Waals surface area contributed by atoms with Gasteiger partial charge in [-0.2, -0.15) is 26.3 Å². The number of nitrogens with zero attached hydrogens (tertiary/aromatic N) is 2. The van der Waals surface area contributed by atoms with Crippen molar-refractivity contribution in [2.24, 2.45) is 0 Å². The Morgan fingerprint density at radius 1 is 0.548 bits per heavy atom. The topological polar surface area (TPSA) is 91.9 Å². The van der Waals surface area contributed by atoms with Crippen LogP contribution in [0, 0.1) is 37.1 Å². The van der Waals surface area contributed by atoms with Gasteiger partial charge in [-0.15, -0.1) is 0 Å². The minimum absolute atomic E-state index is 0.0203. The van der Waals surface area contributed by atoms with Crippen LogP contribution in [0.3, 0.4) is 0 Å². The van der Waals surface area contributed by atoms with Crippen LogP contribution in [0.25, 0.3) is 33.9 Å². The average molecular weight is 1060 g/mol. The molecule has 2 aromatic heterocycles. The number of aryl methyl sites for hydroxylation is 2. The highest BCUT2D eigenvalue weighted by Gasteiger charge is 2.34. The Bertz CT molecular complexity index is 3390. The van der Waals surface area contributed by atoms with Gasteiger partial charge in [-0.1, -0.05) is 47.5 Å². The van der Waals surface area contributed by atoms with Crippen molar-refractivity contribution in [2.45, 2.75) is 39.4 Å². The Labute approximate surface area is 419 Å². The summed E-state index contributed by atoms with van der Waals surface area (Å²) in [5.74, 6) is -6.17. The number of carboxylic acids is 1. The van der Waals surface area contributed by atoms with Crippen LogP contribution in [0.4, 0.5) is 43.9 Å². The SMILES string of the molecule is COC(=O)c1cc(-n2c(C)ccc2-c2cc(Cl)ccc2OCc2cccc(F)c2F)cc(C(F)(F)F)c1.Cc1ccc(-c2cc(Cl)ccc2OCc2cccc(F)c2F)n1-c1cc(C(=O)O)cc(C(F)(F)F)c1. The van der Waals surface area contributed by atoms with E-state index in [1.54, 1.807) is 44.2 Å². The Kier molecular flexibility index (Phi) is 15.7. The molecule has 378 valence electrons. The lowest BCUT2D eigenvalue weighted by Crippen LogP contribution is -2.11. The van der Waals surface area contributed by atoms with E-state index in [-0.39, 0.29) is 57.8 Å². The third-order valence-corrected chi connectivity index (χ3v) is 11.6. The molecule has 1 N–H and O–H groups in total. The zero-order valence-electron chi connectivity index (χ0n) is 38.0. The smallest absolute Gasteiger partial charge is 0.416 e. The van der Waals surface area contributed by atoms with E-state index in [1.807, 2.05) is 0 Å². The first-order valence-electron chi connectivity index (χ1n) is 21.3. The molecule has 0 atom stereocenters. The predicted molar refractivity (Wildman–Crippen MR) is 252 cm³/mol. The number of aromatic nitrogens is 2. The lowest BCUT2D eigenvalue weighted by Gasteiger charge is -2.18. The van der Waals surface area contributed by atoms with Gasteiger partial charge in [0.1, 0.15) is 24.7 Å². The number of carbonyl (C=O) groups excluding carboxylic acids is 1. The Hall–Kier alpha value is -7.70. The van der Waals surface area contributed by atoms with Crippen LogP contribution >= 0.6 is 23.2 Å². The molecule has 6 aromatic carbocycles. The number of rotatable bonds is 12. The third-order valence-electron chi connectivity index (χ3n) is 11.1. The van der Waals surface area contributed by atoms with Gasteiger partial charge in [0.25, 0.3) is 0 Å². The van der Waals surface area contributed by atoms with Crippen LogP contribution in [0.15, 0.2) is 133 Å². The van der Waals surface area contributed by atoms with Crippen LogP contribution < -0.4 is 9.47 Å². The Balaban J connectivity index is 0.000000214. The zero-order valence-corrected chi connectivity index (χ0v) is 39.5. The quantitative estimate of drug-likeness (QED) is 0.0968. The highest BCUT2D eigenvalue weighted by Crippen LogP contribution is 2.40. The maximum Gasteiger partial charge on any atom is 0.416 e. The van der Waals surface area contributed by atoms with Gasteiger partial charge in [0.15, 0.2) is 23.3 Å². The van der Waals surface area contributed by atoms with Crippen molar-refractivity contribution >= 4 is 35.1 Å². The molecule has 0 saturated carbocycles. The number of hydrogen-bond donors (Lipinski definition) is 1. The first-order chi connectivity index (χ1) is 34.4. The second-order valence-corrected chi connectivity index (χ2v) is 16.9. The molecule has 0 unspecified atom stereocenters. The summed E-state index contributed by atoms with van der Waals surface area (Å²) in [5, 5.41) is 9.98. The van der Waals surface area contributed by atoms with Crippen molar-refractivity contribution < 1.29 is 72.8 Å². The fraction of sp³-hybridized carbons (Fsp3) is 0.132. The van der Waals surface area contributed by atoms with E-state index < -0.39 is 64.3 Å². The molecule has 73 heavy (non-hydrogen) atoms. The van der Waals surface area contributed by atoms with Crippen molar-refractivity contribution in [1.82, 2.24) is 9.13 Å². The van der Waals surface area contributed by atoms with Gasteiger partial charge in [0.05, 0.1) is 40.8 Å². The summed E-state index contributed by atoms with van der Waals surface area (Å²) in [6, 6.07) is 28.5. The molecule has 8 rings (SSSR count). The average Bonchev–Trinajstić information content (AvgIpc) is 3.93. The molecule has 0 aliphatic heterocycles. The molecule has 2 heterocycles. The molecule has 0 radical (unpaired) electrons. The van der Waals surface area contributed by atoms with Gasteiger partial charge in [-0.3, -0.25) is 0 Å². The van der Waals surface area contributed by atoms with Crippen LogP contribution in [-0.4, -0.2) is 33.3 Å². The number of halogens is 12. The number of ether oxygens (including phenoxy) is 3. The molecule has 0 aliphatic carbocycles. The van der Waals surface area contributed by atoms with E-state index in [0.29, 0.717) is 45.0 Å². The first kappa shape index (κ1) is 53.1. The summed E-state index contributed by atoms with van der Waals surface area (Å²) in [5.41, 5.74) is -0.500. The summed E-state index contributed by atoms with van der Waals surface area (Å²) in [4.78, 5) is 23.7. The maximum atomic E-state index is 14.1. The first-order valence-corrected chi connectivity index (χ1v) is 22.1. The molecule has 0 fully saturated rings. The number of benzene rings is 6. The van der Waals surface area contributed by atoms with Crippen molar-refractivity contribution in [3.8, 4) is 45.4 Å². The largest absolute Gasteiger partial charge is 0.488 e.